The van der Waals surface area contributed by atoms with Gasteiger partial charge in [-0.15, -0.1) is 0 Å². The molecule has 152 valence electrons. The van der Waals surface area contributed by atoms with Crippen LogP contribution in [0.15, 0.2) is 60.7 Å². The molecule has 5 nitrogen and oxygen atoms in total. The van der Waals surface area contributed by atoms with Crippen LogP contribution in [0.5, 0.6) is 0 Å². The summed E-state index contributed by atoms with van der Waals surface area (Å²) in [7, 11) is 0. The van der Waals surface area contributed by atoms with E-state index < -0.39 is 5.54 Å². The van der Waals surface area contributed by atoms with E-state index in [4.69, 9.17) is 0 Å². The fourth-order valence-corrected chi connectivity index (χ4v) is 4.76. The smallest absolute Gasteiger partial charge is 0.251 e. The molecule has 0 saturated carbocycles. The average Bonchev–Trinajstić information content (AvgIpc) is 3.14. The standard InChI is InChI=1S/C24H29N3O2/c28-22(20-11-5-2-6-12-20)26-21-17-24(14-7-8-16-27(24)18-21)23(29)25-15-13-19-9-3-1-4-10-19/h1-6,9-12,21H,7-8,13-18H2,(H,25,29)(H,26,28)/t21?,24-/m0/s1. The second kappa shape index (κ2) is 8.78. The van der Waals surface area contributed by atoms with Gasteiger partial charge in [-0.3, -0.25) is 14.5 Å². The molecule has 2 amide bonds. The molecular formula is C24H29N3O2. The van der Waals surface area contributed by atoms with E-state index in [0.717, 1.165) is 38.8 Å². The van der Waals surface area contributed by atoms with E-state index in [0.29, 0.717) is 18.5 Å². The Bertz CT molecular complexity index is 840. The highest BCUT2D eigenvalue weighted by Gasteiger charge is 2.52. The molecule has 4 rings (SSSR count). The quantitative estimate of drug-likeness (QED) is 0.796. The van der Waals surface area contributed by atoms with Gasteiger partial charge in [0.05, 0.1) is 0 Å². The number of rotatable bonds is 6. The Morgan fingerprint density at radius 3 is 2.48 bits per heavy atom. The van der Waals surface area contributed by atoms with E-state index in [1.165, 1.54) is 5.56 Å². The summed E-state index contributed by atoms with van der Waals surface area (Å²) in [4.78, 5) is 28.1. The minimum Gasteiger partial charge on any atom is -0.354 e. The van der Waals surface area contributed by atoms with Crippen molar-refractivity contribution in [3.05, 3.63) is 71.8 Å². The summed E-state index contributed by atoms with van der Waals surface area (Å²) in [5.41, 5.74) is 1.41. The molecular weight excluding hydrogens is 362 g/mol. The summed E-state index contributed by atoms with van der Waals surface area (Å²) in [5, 5.41) is 6.33. The number of benzene rings is 2. The second-order valence-electron chi connectivity index (χ2n) is 8.17. The van der Waals surface area contributed by atoms with Gasteiger partial charge in [0.15, 0.2) is 0 Å². The Morgan fingerprint density at radius 1 is 1.00 bits per heavy atom. The number of hydrogen-bond acceptors (Lipinski definition) is 3. The molecule has 2 N–H and O–H groups in total. The first-order valence-corrected chi connectivity index (χ1v) is 10.6. The van der Waals surface area contributed by atoms with Gasteiger partial charge in [0.1, 0.15) is 5.54 Å². The van der Waals surface area contributed by atoms with Gasteiger partial charge in [-0.2, -0.15) is 0 Å². The number of fused-ring (bicyclic) bond motifs is 1. The first-order valence-electron chi connectivity index (χ1n) is 10.6. The third kappa shape index (κ3) is 4.35. The molecule has 29 heavy (non-hydrogen) atoms. The largest absolute Gasteiger partial charge is 0.354 e. The van der Waals surface area contributed by atoms with Gasteiger partial charge in [-0.05, 0) is 56.3 Å². The lowest BCUT2D eigenvalue weighted by atomic mass is 9.84. The summed E-state index contributed by atoms with van der Waals surface area (Å²) >= 11 is 0. The van der Waals surface area contributed by atoms with Crippen LogP contribution in [0, 0.1) is 0 Å². The zero-order valence-corrected chi connectivity index (χ0v) is 16.8. The molecule has 0 bridgehead atoms. The molecule has 1 unspecified atom stereocenters. The van der Waals surface area contributed by atoms with Crippen molar-refractivity contribution in [2.45, 2.75) is 43.7 Å². The summed E-state index contributed by atoms with van der Waals surface area (Å²) in [6.45, 7) is 2.30. The molecule has 0 aliphatic carbocycles. The number of piperidine rings is 1. The predicted octanol–water partition coefficient (Wildman–Crippen LogP) is 2.77. The number of hydrogen-bond donors (Lipinski definition) is 2. The molecule has 5 heteroatoms. The van der Waals surface area contributed by atoms with Crippen LogP contribution in [-0.4, -0.2) is 47.9 Å². The maximum Gasteiger partial charge on any atom is 0.251 e. The lowest BCUT2D eigenvalue weighted by Gasteiger charge is -2.40. The van der Waals surface area contributed by atoms with Gasteiger partial charge < -0.3 is 10.6 Å². The highest BCUT2D eigenvalue weighted by molar-refractivity contribution is 5.94. The minimum absolute atomic E-state index is 0.000629. The van der Waals surface area contributed by atoms with Gasteiger partial charge in [0.2, 0.25) is 5.91 Å². The van der Waals surface area contributed by atoms with Crippen LogP contribution in [0.1, 0.15) is 41.6 Å². The fraction of sp³-hybridized carbons (Fsp3) is 0.417. The van der Waals surface area contributed by atoms with E-state index in [-0.39, 0.29) is 17.9 Å². The highest BCUT2D eigenvalue weighted by Crippen LogP contribution is 2.38. The molecule has 2 aromatic carbocycles. The molecule has 2 aliphatic rings. The van der Waals surface area contributed by atoms with Crippen molar-refractivity contribution >= 4 is 11.8 Å². The first-order chi connectivity index (χ1) is 14.2. The van der Waals surface area contributed by atoms with Crippen molar-refractivity contribution in [1.29, 1.82) is 0 Å². The van der Waals surface area contributed by atoms with Crippen LogP contribution >= 0.6 is 0 Å². The molecule has 0 radical (unpaired) electrons. The molecule has 2 fully saturated rings. The molecule has 2 saturated heterocycles. The Morgan fingerprint density at radius 2 is 1.72 bits per heavy atom. The number of carbonyl (C=O) groups excluding carboxylic acids is 2. The fourth-order valence-electron chi connectivity index (χ4n) is 4.76. The third-order valence-electron chi connectivity index (χ3n) is 6.23. The minimum atomic E-state index is -0.483. The predicted molar refractivity (Wildman–Crippen MR) is 114 cm³/mol. The molecule has 2 atom stereocenters. The van der Waals surface area contributed by atoms with Crippen molar-refractivity contribution in [3.63, 3.8) is 0 Å². The number of nitrogens with one attached hydrogen (secondary N) is 2. The van der Waals surface area contributed by atoms with Gasteiger partial charge in [-0.1, -0.05) is 48.5 Å². The Hall–Kier alpha value is -2.66. The molecule has 2 aliphatic heterocycles. The van der Waals surface area contributed by atoms with Crippen LogP contribution in [0.2, 0.25) is 0 Å². The van der Waals surface area contributed by atoms with Crippen LogP contribution in [0.3, 0.4) is 0 Å². The maximum atomic E-state index is 13.2. The van der Waals surface area contributed by atoms with E-state index in [2.05, 4.69) is 27.7 Å². The normalized spacial score (nSPS) is 23.9. The second-order valence-corrected chi connectivity index (χ2v) is 8.17. The number of carbonyl (C=O) groups is 2. The topological polar surface area (TPSA) is 61.4 Å². The first kappa shape index (κ1) is 19.6. The van der Waals surface area contributed by atoms with Crippen molar-refractivity contribution in [2.24, 2.45) is 0 Å². The van der Waals surface area contributed by atoms with Gasteiger partial charge in [0, 0.05) is 24.7 Å². The highest BCUT2D eigenvalue weighted by atomic mass is 16.2. The lowest BCUT2D eigenvalue weighted by molar-refractivity contribution is -0.133. The summed E-state index contributed by atoms with van der Waals surface area (Å²) in [6, 6.07) is 19.5. The molecule has 0 spiro atoms. The van der Waals surface area contributed by atoms with Crippen molar-refractivity contribution in [2.75, 3.05) is 19.6 Å². The van der Waals surface area contributed by atoms with Crippen LogP contribution in [-0.2, 0) is 11.2 Å². The third-order valence-corrected chi connectivity index (χ3v) is 6.23. The average molecular weight is 392 g/mol. The number of amides is 2. The van der Waals surface area contributed by atoms with Crippen molar-refractivity contribution in [1.82, 2.24) is 15.5 Å². The zero-order valence-electron chi connectivity index (χ0n) is 16.8. The molecule has 0 aromatic heterocycles. The lowest BCUT2D eigenvalue weighted by Crippen LogP contribution is -2.57. The van der Waals surface area contributed by atoms with Crippen LogP contribution < -0.4 is 10.6 Å². The summed E-state index contributed by atoms with van der Waals surface area (Å²) < 4.78 is 0. The summed E-state index contributed by atoms with van der Waals surface area (Å²) in [6.07, 6.45) is 4.54. The Kier molecular flexibility index (Phi) is 5.95. The molecule has 2 heterocycles. The SMILES string of the molecule is O=C(NC1CN2CCCC[C@@]2(C(=O)NCCc2ccccc2)C1)c1ccccc1. The monoisotopic (exact) mass is 391 g/mol. The van der Waals surface area contributed by atoms with Crippen molar-refractivity contribution < 1.29 is 9.59 Å². The van der Waals surface area contributed by atoms with Gasteiger partial charge in [-0.25, -0.2) is 0 Å². The van der Waals surface area contributed by atoms with E-state index >= 15 is 0 Å². The number of nitrogens with zero attached hydrogens (tertiary/aromatic N) is 1. The van der Waals surface area contributed by atoms with E-state index in [9.17, 15) is 9.59 Å². The van der Waals surface area contributed by atoms with Gasteiger partial charge in [0.25, 0.3) is 5.91 Å². The van der Waals surface area contributed by atoms with Crippen LogP contribution in [0.25, 0.3) is 0 Å². The molecule has 2 aromatic rings. The Labute approximate surface area is 172 Å². The maximum absolute atomic E-state index is 13.2. The van der Waals surface area contributed by atoms with Gasteiger partial charge >= 0.3 is 0 Å². The van der Waals surface area contributed by atoms with E-state index in [1.807, 2.05) is 48.5 Å². The van der Waals surface area contributed by atoms with Crippen LogP contribution in [0.4, 0.5) is 0 Å². The van der Waals surface area contributed by atoms with E-state index in [1.54, 1.807) is 0 Å². The Balaban J connectivity index is 1.39. The summed E-state index contributed by atoms with van der Waals surface area (Å²) in [5.74, 6) is 0.0553. The zero-order chi connectivity index (χ0) is 20.1. The van der Waals surface area contributed by atoms with Crippen molar-refractivity contribution in [3.8, 4) is 0 Å².